The Balaban J connectivity index is 1.81. The van der Waals surface area contributed by atoms with Gasteiger partial charge in [-0.3, -0.25) is 0 Å². The Morgan fingerprint density at radius 3 is 2.55 bits per heavy atom. The van der Waals surface area contributed by atoms with Gasteiger partial charge in [-0.15, -0.1) is 11.8 Å². The van der Waals surface area contributed by atoms with Crippen LogP contribution in [-0.2, 0) is 11.3 Å². The van der Waals surface area contributed by atoms with Crippen molar-refractivity contribution in [3.05, 3.63) is 77.9 Å². The fraction of sp³-hybridized carbons (Fsp3) is 0.105. The van der Waals surface area contributed by atoms with E-state index in [2.05, 4.69) is 12.1 Å². The van der Waals surface area contributed by atoms with Crippen LogP contribution >= 0.6 is 11.8 Å². The fourth-order valence-corrected chi connectivity index (χ4v) is 3.04. The lowest BCUT2D eigenvalue weighted by Crippen LogP contribution is -2.06. The summed E-state index contributed by atoms with van der Waals surface area (Å²) in [5.41, 5.74) is 1.64. The number of ether oxygens (including phenoxy) is 1. The highest BCUT2D eigenvalue weighted by molar-refractivity contribution is 7.98. The first-order valence-corrected chi connectivity index (χ1v) is 8.29. The monoisotopic (exact) mass is 308 g/mol. The van der Waals surface area contributed by atoms with Crippen LogP contribution in [0, 0.1) is 0 Å². The maximum absolute atomic E-state index is 12.3. The van der Waals surface area contributed by atoms with E-state index in [1.54, 1.807) is 17.8 Å². The zero-order chi connectivity index (χ0) is 15.4. The van der Waals surface area contributed by atoms with Gasteiger partial charge in [0.15, 0.2) is 0 Å². The second-order valence-corrected chi connectivity index (χ2v) is 5.76. The highest BCUT2D eigenvalue weighted by Crippen LogP contribution is 2.22. The Hall–Kier alpha value is -2.26. The Morgan fingerprint density at radius 1 is 0.955 bits per heavy atom. The summed E-state index contributed by atoms with van der Waals surface area (Å²) in [6, 6.07) is 21.7. The summed E-state index contributed by atoms with van der Waals surface area (Å²) in [5.74, 6) is -0.280. The van der Waals surface area contributed by atoms with Crippen molar-refractivity contribution in [2.24, 2.45) is 0 Å². The number of carbonyl (C=O) groups is 1. The average molecular weight is 308 g/mol. The number of hydrogen-bond donors (Lipinski definition) is 0. The van der Waals surface area contributed by atoms with Gasteiger partial charge in [0.05, 0.1) is 5.56 Å². The highest BCUT2D eigenvalue weighted by Gasteiger charge is 2.12. The normalized spacial score (nSPS) is 10.6. The lowest BCUT2D eigenvalue weighted by Gasteiger charge is -2.10. The molecule has 0 N–H and O–H groups in total. The third-order valence-corrected chi connectivity index (χ3v) is 4.36. The van der Waals surface area contributed by atoms with Crippen molar-refractivity contribution < 1.29 is 9.53 Å². The number of carbonyl (C=O) groups excluding carboxylic acids is 1. The number of fused-ring (bicyclic) bond motifs is 1. The molecule has 0 unspecified atom stereocenters. The summed E-state index contributed by atoms with van der Waals surface area (Å²) in [6.07, 6.45) is 1.96. The van der Waals surface area contributed by atoms with Gasteiger partial charge in [-0.25, -0.2) is 4.79 Å². The topological polar surface area (TPSA) is 26.3 Å². The van der Waals surface area contributed by atoms with Crippen LogP contribution in [0.2, 0.25) is 0 Å². The zero-order valence-corrected chi connectivity index (χ0v) is 13.1. The van der Waals surface area contributed by atoms with Crippen LogP contribution in [0.4, 0.5) is 0 Å². The number of esters is 1. The lowest BCUT2D eigenvalue weighted by atomic mass is 10.1. The van der Waals surface area contributed by atoms with Gasteiger partial charge in [-0.05, 0) is 34.7 Å². The number of hydrogen-bond acceptors (Lipinski definition) is 3. The Kier molecular flexibility index (Phi) is 4.45. The van der Waals surface area contributed by atoms with Crippen LogP contribution in [-0.4, -0.2) is 12.2 Å². The van der Waals surface area contributed by atoms with Crippen molar-refractivity contribution >= 4 is 28.5 Å². The molecule has 3 heteroatoms. The first-order chi connectivity index (χ1) is 10.8. The number of benzene rings is 3. The zero-order valence-electron chi connectivity index (χ0n) is 12.3. The van der Waals surface area contributed by atoms with Crippen LogP contribution < -0.4 is 0 Å². The second kappa shape index (κ2) is 6.67. The molecule has 110 valence electrons. The van der Waals surface area contributed by atoms with E-state index in [1.165, 1.54) is 0 Å². The third-order valence-electron chi connectivity index (χ3n) is 3.57. The molecule has 0 radical (unpaired) electrons. The minimum absolute atomic E-state index is 0.280. The molecule has 0 aliphatic carbocycles. The molecule has 0 aromatic heterocycles. The van der Waals surface area contributed by atoms with Gasteiger partial charge in [0.2, 0.25) is 0 Å². The molecule has 0 atom stereocenters. The summed E-state index contributed by atoms with van der Waals surface area (Å²) in [4.78, 5) is 13.2. The first kappa shape index (κ1) is 14.7. The molecule has 0 amide bonds. The molecule has 0 aliphatic rings. The van der Waals surface area contributed by atoms with Crippen LogP contribution in [0.25, 0.3) is 10.8 Å². The molecule has 0 spiro atoms. The van der Waals surface area contributed by atoms with E-state index in [0.29, 0.717) is 5.56 Å². The summed E-state index contributed by atoms with van der Waals surface area (Å²) in [6.45, 7) is 0.281. The standard InChI is InChI=1S/C19H16O2S/c1-22-18-12-5-4-11-17(18)19(20)21-13-15-9-6-8-14-7-2-3-10-16(14)15/h2-12H,13H2,1H3. The summed E-state index contributed by atoms with van der Waals surface area (Å²) in [7, 11) is 0. The lowest BCUT2D eigenvalue weighted by molar-refractivity contribution is 0.0470. The molecular weight excluding hydrogens is 292 g/mol. The van der Waals surface area contributed by atoms with Crippen molar-refractivity contribution in [1.29, 1.82) is 0 Å². The van der Waals surface area contributed by atoms with Crippen molar-refractivity contribution in [2.45, 2.75) is 11.5 Å². The molecule has 0 fully saturated rings. The van der Waals surface area contributed by atoms with E-state index in [-0.39, 0.29) is 12.6 Å². The van der Waals surface area contributed by atoms with E-state index < -0.39 is 0 Å². The maximum Gasteiger partial charge on any atom is 0.339 e. The quantitative estimate of drug-likeness (QED) is 0.505. The van der Waals surface area contributed by atoms with E-state index in [1.807, 2.05) is 54.8 Å². The van der Waals surface area contributed by atoms with Gasteiger partial charge in [0, 0.05) is 4.90 Å². The van der Waals surface area contributed by atoms with Crippen molar-refractivity contribution in [2.75, 3.05) is 6.26 Å². The van der Waals surface area contributed by atoms with E-state index in [0.717, 1.165) is 21.2 Å². The van der Waals surface area contributed by atoms with Gasteiger partial charge in [-0.1, -0.05) is 54.6 Å². The van der Waals surface area contributed by atoms with Gasteiger partial charge in [-0.2, -0.15) is 0 Å². The Bertz CT molecular complexity index is 806. The first-order valence-electron chi connectivity index (χ1n) is 7.06. The van der Waals surface area contributed by atoms with E-state index in [4.69, 9.17) is 4.74 Å². The number of thioether (sulfide) groups is 1. The second-order valence-electron chi connectivity index (χ2n) is 4.91. The third kappa shape index (κ3) is 3.00. The van der Waals surface area contributed by atoms with Gasteiger partial charge in [0.25, 0.3) is 0 Å². The predicted molar refractivity (Wildman–Crippen MR) is 91.3 cm³/mol. The molecule has 0 saturated carbocycles. The molecule has 3 aromatic rings. The largest absolute Gasteiger partial charge is 0.457 e. The van der Waals surface area contributed by atoms with E-state index >= 15 is 0 Å². The molecule has 0 saturated heterocycles. The van der Waals surface area contributed by atoms with Crippen molar-refractivity contribution in [3.63, 3.8) is 0 Å². The molecule has 22 heavy (non-hydrogen) atoms. The van der Waals surface area contributed by atoms with Gasteiger partial charge in [0.1, 0.15) is 6.61 Å². The predicted octanol–water partition coefficient (Wildman–Crippen LogP) is 4.92. The summed E-state index contributed by atoms with van der Waals surface area (Å²) in [5, 5.41) is 2.27. The number of rotatable bonds is 4. The molecule has 2 nitrogen and oxygen atoms in total. The molecular formula is C19H16O2S. The molecule has 0 aliphatic heterocycles. The molecule has 0 heterocycles. The molecule has 0 bridgehead atoms. The Morgan fingerprint density at radius 2 is 1.68 bits per heavy atom. The minimum Gasteiger partial charge on any atom is -0.457 e. The summed E-state index contributed by atoms with van der Waals surface area (Å²) < 4.78 is 5.51. The van der Waals surface area contributed by atoms with Gasteiger partial charge < -0.3 is 4.74 Å². The van der Waals surface area contributed by atoms with Crippen molar-refractivity contribution in [1.82, 2.24) is 0 Å². The average Bonchev–Trinajstić information content (AvgIpc) is 2.59. The Labute approximate surface area is 134 Å². The minimum atomic E-state index is -0.280. The van der Waals surface area contributed by atoms with Crippen LogP contribution in [0.5, 0.6) is 0 Å². The smallest absolute Gasteiger partial charge is 0.339 e. The maximum atomic E-state index is 12.3. The summed E-state index contributed by atoms with van der Waals surface area (Å²) >= 11 is 1.55. The molecule has 3 rings (SSSR count). The van der Waals surface area contributed by atoms with E-state index in [9.17, 15) is 4.79 Å². The van der Waals surface area contributed by atoms with Crippen LogP contribution in [0.3, 0.4) is 0 Å². The van der Waals surface area contributed by atoms with Crippen molar-refractivity contribution in [3.8, 4) is 0 Å². The van der Waals surface area contributed by atoms with Gasteiger partial charge >= 0.3 is 5.97 Å². The van der Waals surface area contributed by atoms with Crippen LogP contribution in [0.15, 0.2) is 71.6 Å². The fourth-order valence-electron chi connectivity index (χ4n) is 2.45. The van der Waals surface area contributed by atoms with Crippen LogP contribution in [0.1, 0.15) is 15.9 Å². The SMILES string of the molecule is CSc1ccccc1C(=O)OCc1cccc2ccccc12. The molecule has 3 aromatic carbocycles. The highest BCUT2D eigenvalue weighted by atomic mass is 32.2.